The molecule has 6 nitrogen and oxygen atoms in total. The van der Waals surface area contributed by atoms with E-state index in [-0.39, 0.29) is 12.1 Å². The molecule has 22 heavy (non-hydrogen) atoms. The Balaban J connectivity index is 1.99. The van der Waals surface area contributed by atoms with Crippen molar-refractivity contribution in [1.82, 2.24) is 0 Å². The Hall–Kier alpha value is -2.44. The van der Waals surface area contributed by atoms with E-state index in [0.717, 1.165) is 0 Å². The van der Waals surface area contributed by atoms with Crippen molar-refractivity contribution < 1.29 is 14.8 Å². The monoisotopic (exact) mass is 320 g/mol. The molecule has 0 saturated heterocycles. The first-order chi connectivity index (χ1) is 10.5. The molecule has 2 aromatic rings. The fraction of sp³-hybridized carbons (Fsp3) is 0.133. The van der Waals surface area contributed by atoms with Gasteiger partial charge in [0.2, 0.25) is 5.91 Å². The fourth-order valence-electron chi connectivity index (χ4n) is 1.89. The molecule has 0 fully saturated rings. The van der Waals surface area contributed by atoms with Crippen LogP contribution in [-0.4, -0.2) is 15.9 Å². The quantitative estimate of drug-likeness (QED) is 0.653. The number of nitro groups is 1. The molecule has 0 bridgehead atoms. The van der Waals surface area contributed by atoms with Crippen molar-refractivity contribution in [2.75, 3.05) is 5.32 Å². The lowest BCUT2D eigenvalue weighted by Gasteiger charge is -2.11. The molecule has 0 aliphatic rings. The van der Waals surface area contributed by atoms with Crippen LogP contribution in [0.15, 0.2) is 48.5 Å². The molecule has 0 spiro atoms. The molecular formula is C15H13ClN2O4. The summed E-state index contributed by atoms with van der Waals surface area (Å²) in [5.74, 6) is -0.442. The maximum Gasteiger partial charge on any atom is 0.271 e. The van der Waals surface area contributed by atoms with Crippen molar-refractivity contribution in [3.63, 3.8) is 0 Å². The van der Waals surface area contributed by atoms with E-state index in [1.807, 2.05) is 0 Å². The highest BCUT2D eigenvalue weighted by Crippen LogP contribution is 2.21. The SMILES string of the molecule is O=C(CC(O)c1ccc(Cl)cc1)Nc1cccc([N+](=O)[O-])c1. The molecule has 1 unspecified atom stereocenters. The number of carbonyl (C=O) groups excluding carboxylic acids is 1. The maximum atomic E-state index is 11.9. The number of aliphatic hydroxyl groups excluding tert-OH is 1. The topological polar surface area (TPSA) is 92.5 Å². The Morgan fingerprint density at radius 1 is 1.27 bits per heavy atom. The van der Waals surface area contributed by atoms with E-state index in [1.165, 1.54) is 18.2 Å². The average molecular weight is 321 g/mol. The molecule has 7 heteroatoms. The van der Waals surface area contributed by atoms with E-state index in [1.54, 1.807) is 30.3 Å². The van der Waals surface area contributed by atoms with Crippen LogP contribution in [0.1, 0.15) is 18.1 Å². The molecule has 0 aromatic heterocycles. The fourth-order valence-corrected chi connectivity index (χ4v) is 2.01. The lowest BCUT2D eigenvalue weighted by Crippen LogP contribution is -2.15. The van der Waals surface area contributed by atoms with Crippen LogP contribution in [0, 0.1) is 10.1 Å². The van der Waals surface area contributed by atoms with Gasteiger partial charge in [-0.2, -0.15) is 0 Å². The lowest BCUT2D eigenvalue weighted by molar-refractivity contribution is -0.384. The Morgan fingerprint density at radius 3 is 2.59 bits per heavy atom. The van der Waals surface area contributed by atoms with Gasteiger partial charge in [-0.1, -0.05) is 29.8 Å². The molecule has 0 heterocycles. The molecule has 0 aliphatic carbocycles. The summed E-state index contributed by atoms with van der Waals surface area (Å²) in [5.41, 5.74) is 0.761. The highest BCUT2D eigenvalue weighted by Gasteiger charge is 2.14. The van der Waals surface area contributed by atoms with Crippen LogP contribution < -0.4 is 5.32 Å². The summed E-state index contributed by atoms with van der Waals surface area (Å²) in [6, 6.07) is 12.1. The number of non-ortho nitro benzene ring substituents is 1. The zero-order chi connectivity index (χ0) is 16.1. The van der Waals surface area contributed by atoms with Crippen LogP contribution in [0.4, 0.5) is 11.4 Å². The number of benzene rings is 2. The van der Waals surface area contributed by atoms with Gasteiger partial charge < -0.3 is 10.4 Å². The van der Waals surface area contributed by atoms with Crippen molar-refractivity contribution >= 4 is 28.9 Å². The summed E-state index contributed by atoms with van der Waals surface area (Å²) in [5, 5.41) is 23.7. The third-order valence-electron chi connectivity index (χ3n) is 2.97. The number of carbonyl (C=O) groups is 1. The van der Waals surface area contributed by atoms with E-state index >= 15 is 0 Å². The summed E-state index contributed by atoms with van der Waals surface area (Å²) in [6.07, 6.45) is -1.14. The number of amides is 1. The maximum absolute atomic E-state index is 11.9. The van der Waals surface area contributed by atoms with Gasteiger partial charge in [0.25, 0.3) is 5.69 Å². The lowest BCUT2D eigenvalue weighted by atomic mass is 10.1. The van der Waals surface area contributed by atoms with Gasteiger partial charge in [0.15, 0.2) is 0 Å². The summed E-state index contributed by atoms with van der Waals surface area (Å²) in [4.78, 5) is 22.0. The van der Waals surface area contributed by atoms with Gasteiger partial charge in [0.1, 0.15) is 0 Å². The number of nitrogens with one attached hydrogen (secondary N) is 1. The largest absolute Gasteiger partial charge is 0.388 e. The number of anilines is 1. The highest BCUT2D eigenvalue weighted by molar-refractivity contribution is 6.30. The second-order valence-corrected chi connectivity index (χ2v) is 5.06. The van der Waals surface area contributed by atoms with E-state index in [2.05, 4.69) is 5.32 Å². The number of rotatable bonds is 5. The van der Waals surface area contributed by atoms with Gasteiger partial charge in [-0.25, -0.2) is 0 Å². The zero-order valence-corrected chi connectivity index (χ0v) is 12.2. The van der Waals surface area contributed by atoms with Gasteiger partial charge in [0.05, 0.1) is 17.4 Å². The smallest absolute Gasteiger partial charge is 0.271 e. The van der Waals surface area contributed by atoms with Crippen LogP contribution in [-0.2, 0) is 4.79 Å². The number of nitrogens with zero attached hydrogens (tertiary/aromatic N) is 1. The molecule has 0 radical (unpaired) electrons. The molecule has 114 valence electrons. The van der Waals surface area contributed by atoms with E-state index in [0.29, 0.717) is 16.3 Å². The minimum absolute atomic E-state index is 0.115. The normalized spacial score (nSPS) is 11.7. The summed E-state index contributed by atoms with van der Waals surface area (Å²) >= 11 is 5.75. The second kappa shape index (κ2) is 7.02. The molecule has 2 aromatic carbocycles. The molecule has 2 rings (SSSR count). The van der Waals surface area contributed by atoms with Crippen molar-refractivity contribution in [3.8, 4) is 0 Å². The Labute approximate surface area is 131 Å². The number of nitro benzene ring substituents is 1. The zero-order valence-electron chi connectivity index (χ0n) is 11.4. The first-order valence-corrected chi connectivity index (χ1v) is 6.81. The first-order valence-electron chi connectivity index (χ1n) is 6.43. The molecule has 0 aliphatic heterocycles. The van der Waals surface area contributed by atoms with Crippen LogP contribution in [0.5, 0.6) is 0 Å². The highest BCUT2D eigenvalue weighted by atomic mass is 35.5. The average Bonchev–Trinajstić information content (AvgIpc) is 2.47. The number of aliphatic hydroxyl groups is 1. The molecule has 2 N–H and O–H groups in total. The standard InChI is InChI=1S/C15H13ClN2O4/c16-11-6-4-10(5-7-11)14(19)9-15(20)17-12-2-1-3-13(8-12)18(21)22/h1-8,14,19H,9H2,(H,17,20). The molecule has 1 atom stereocenters. The van der Waals surface area contributed by atoms with Crippen LogP contribution >= 0.6 is 11.6 Å². The summed E-state index contributed by atoms with van der Waals surface area (Å²) in [7, 11) is 0. The number of hydrogen-bond donors (Lipinski definition) is 2. The Bertz CT molecular complexity index is 688. The van der Waals surface area contributed by atoms with Gasteiger partial charge in [-0.3, -0.25) is 14.9 Å². The minimum Gasteiger partial charge on any atom is -0.388 e. The number of halogens is 1. The van der Waals surface area contributed by atoms with Crippen LogP contribution in [0.3, 0.4) is 0 Å². The van der Waals surface area contributed by atoms with Crippen LogP contribution in [0.2, 0.25) is 5.02 Å². The van der Waals surface area contributed by atoms with E-state index in [9.17, 15) is 20.0 Å². The van der Waals surface area contributed by atoms with Gasteiger partial charge in [-0.05, 0) is 23.8 Å². The van der Waals surface area contributed by atoms with Crippen molar-refractivity contribution in [3.05, 3.63) is 69.2 Å². The van der Waals surface area contributed by atoms with E-state index < -0.39 is 16.9 Å². The predicted octanol–water partition coefficient (Wildman–Crippen LogP) is 3.31. The second-order valence-electron chi connectivity index (χ2n) is 4.63. The minimum atomic E-state index is -0.976. The van der Waals surface area contributed by atoms with Gasteiger partial charge >= 0.3 is 0 Å². The first kappa shape index (κ1) is 15.9. The predicted molar refractivity (Wildman–Crippen MR) is 82.8 cm³/mol. The van der Waals surface area contributed by atoms with Crippen molar-refractivity contribution in [1.29, 1.82) is 0 Å². The third-order valence-corrected chi connectivity index (χ3v) is 3.23. The van der Waals surface area contributed by atoms with Crippen molar-refractivity contribution in [2.45, 2.75) is 12.5 Å². The van der Waals surface area contributed by atoms with Crippen LogP contribution in [0.25, 0.3) is 0 Å². The van der Waals surface area contributed by atoms with E-state index in [4.69, 9.17) is 11.6 Å². The van der Waals surface area contributed by atoms with Gasteiger partial charge in [0, 0.05) is 22.8 Å². The summed E-state index contributed by atoms with van der Waals surface area (Å²) < 4.78 is 0. The Kier molecular flexibility index (Phi) is 5.08. The van der Waals surface area contributed by atoms with Crippen molar-refractivity contribution in [2.24, 2.45) is 0 Å². The molecular weight excluding hydrogens is 308 g/mol. The summed E-state index contributed by atoms with van der Waals surface area (Å²) in [6.45, 7) is 0. The molecule has 1 amide bonds. The number of hydrogen-bond acceptors (Lipinski definition) is 4. The van der Waals surface area contributed by atoms with Gasteiger partial charge in [-0.15, -0.1) is 0 Å². The Morgan fingerprint density at radius 2 is 1.95 bits per heavy atom. The third kappa shape index (κ3) is 4.28. The molecule has 0 saturated carbocycles.